The summed E-state index contributed by atoms with van der Waals surface area (Å²) in [7, 11) is 0. The highest BCUT2D eigenvalue weighted by molar-refractivity contribution is 5.81. The van der Waals surface area contributed by atoms with Crippen molar-refractivity contribution in [2.45, 2.75) is 122 Å². The molecule has 148 valence electrons. The second-order valence-electron chi connectivity index (χ2n) is 8.22. The molecular formula is C23H45NO. The molecule has 2 heteroatoms. The number of ketones is 1. The first-order valence-corrected chi connectivity index (χ1v) is 11.6. The van der Waals surface area contributed by atoms with Crippen LogP contribution in [0.25, 0.3) is 0 Å². The summed E-state index contributed by atoms with van der Waals surface area (Å²) >= 11 is 0. The second kappa shape index (κ2) is 17.1. The monoisotopic (exact) mass is 351 g/mol. The van der Waals surface area contributed by atoms with Gasteiger partial charge in [0.05, 0.1) is 6.54 Å². The van der Waals surface area contributed by atoms with E-state index in [1.165, 1.54) is 103 Å². The first-order valence-electron chi connectivity index (χ1n) is 11.6. The molecule has 0 saturated carbocycles. The van der Waals surface area contributed by atoms with Gasteiger partial charge in [-0.25, -0.2) is 0 Å². The summed E-state index contributed by atoms with van der Waals surface area (Å²) in [4.78, 5) is 13.8. The Morgan fingerprint density at radius 2 is 1.12 bits per heavy atom. The summed E-state index contributed by atoms with van der Waals surface area (Å²) in [6, 6.07) is 0. The van der Waals surface area contributed by atoms with E-state index in [1.807, 2.05) is 0 Å². The maximum Gasteiger partial charge on any atom is 0.146 e. The van der Waals surface area contributed by atoms with Crippen molar-refractivity contribution < 1.29 is 4.79 Å². The maximum atomic E-state index is 11.4. The first kappa shape index (κ1) is 22.7. The van der Waals surface area contributed by atoms with Crippen LogP contribution in [-0.2, 0) is 4.79 Å². The largest absolute Gasteiger partial charge is 0.298 e. The quantitative estimate of drug-likeness (QED) is 0.265. The molecular weight excluding hydrogens is 306 g/mol. The number of piperidine rings is 1. The van der Waals surface area contributed by atoms with E-state index in [0.717, 1.165) is 32.5 Å². The molecule has 0 N–H and O–H groups in total. The van der Waals surface area contributed by atoms with Crippen molar-refractivity contribution in [2.24, 2.45) is 0 Å². The van der Waals surface area contributed by atoms with Crippen LogP contribution in [0.15, 0.2) is 0 Å². The summed E-state index contributed by atoms with van der Waals surface area (Å²) in [5.74, 6) is 0.447. The Labute approximate surface area is 158 Å². The zero-order chi connectivity index (χ0) is 18.0. The predicted molar refractivity (Wildman–Crippen MR) is 110 cm³/mol. The SMILES string of the molecule is CCCCCCCCCCCCCCCCCCN1CCCC(=O)C1. The maximum absolute atomic E-state index is 11.4. The lowest BCUT2D eigenvalue weighted by Gasteiger charge is -2.25. The van der Waals surface area contributed by atoms with Crippen molar-refractivity contribution in [2.75, 3.05) is 19.6 Å². The topological polar surface area (TPSA) is 20.3 Å². The summed E-state index contributed by atoms with van der Waals surface area (Å²) in [5.41, 5.74) is 0. The van der Waals surface area contributed by atoms with Gasteiger partial charge in [-0.1, -0.05) is 103 Å². The van der Waals surface area contributed by atoms with Gasteiger partial charge >= 0.3 is 0 Å². The van der Waals surface area contributed by atoms with E-state index in [2.05, 4.69) is 11.8 Å². The molecule has 0 amide bonds. The van der Waals surface area contributed by atoms with Gasteiger partial charge in [0, 0.05) is 6.42 Å². The molecule has 2 nitrogen and oxygen atoms in total. The van der Waals surface area contributed by atoms with Crippen LogP contribution in [0.2, 0.25) is 0 Å². The number of hydrogen-bond acceptors (Lipinski definition) is 2. The number of Topliss-reactive ketones (excluding diaryl/α,β-unsaturated/α-hetero) is 1. The highest BCUT2D eigenvalue weighted by Gasteiger charge is 2.15. The summed E-state index contributed by atoms with van der Waals surface area (Å²) in [6.07, 6.45) is 24.7. The Hall–Kier alpha value is -0.370. The van der Waals surface area contributed by atoms with Crippen LogP contribution in [0, 0.1) is 0 Å². The van der Waals surface area contributed by atoms with Gasteiger partial charge < -0.3 is 0 Å². The molecule has 1 rings (SSSR count). The lowest BCUT2D eigenvalue weighted by Crippen LogP contribution is -2.36. The normalized spacial score (nSPS) is 15.8. The molecule has 0 aliphatic carbocycles. The average molecular weight is 352 g/mol. The molecule has 1 aliphatic rings. The number of carbonyl (C=O) groups is 1. The Morgan fingerprint density at radius 3 is 1.56 bits per heavy atom. The molecule has 1 fully saturated rings. The van der Waals surface area contributed by atoms with Gasteiger partial charge in [0.25, 0.3) is 0 Å². The first-order chi connectivity index (χ1) is 12.3. The number of rotatable bonds is 17. The molecule has 0 unspecified atom stereocenters. The van der Waals surface area contributed by atoms with Crippen LogP contribution in [0.4, 0.5) is 0 Å². The van der Waals surface area contributed by atoms with E-state index in [0.29, 0.717) is 5.78 Å². The van der Waals surface area contributed by atoms with Gasteiger partial charge in [-0.3, -0.25) is 9.69 Å². The number of carbonyl (C=O) groups excluding carboxylic acids is 1. The second-order valence-corrected chi connectivity index (χ2v) is 8.22. The molecule has 1 saturated heterocycles. The molecule has 0 radical (unpaired) electrons. The van der Waals surface area contributed by atoms with Crippen molar-refractivity contribution in [3.8, 4) is 0 Å². The molecule has 1 heterocycles. The van der Waals surface area contributed by atoms with Crippen LogP contribution in [-0.4, -0.2) is 30.3 Å². The van der Waals surface area contributed by atoms with Crippen molar-refractivity contribution in [1.82, 2.24) is 4.90 Å². The molecule has 1 aliphatic heterocycles. The molecule has 0 bridgehead atoms. The van der Waals surface area contributed by atoms with Gasteiger partial charge in [-0.15, -0.1) is 0 Å². The highest BCUT2D eigenvalue weighted by Crippen LogP contribution is 2.14. The third-order valence-corrected chi connectivity index (χ3v) is 5.66. The number of hydrogen-bond donors (Lipinski definition) is 0. The zero-order valence-corrected chi connectivity index (χ0v) is 17.2. The Kier molecular flexibility index (Phi) is 15.5. The van der Waals surface area contributed by atoms with Crippen LogP contribution < -0.4 is 0 Å². The van der Waals surface area contributed by atoms with Gasteiger partial charge in [-0.05, 0) is 25.9 Å². The minimum Gasteiger partial charge on any atom is -0.298 e. The Morgan fingerprint density at radius 1 is 0.680 bits per heavy atom. The van der Waals surface area contributed by atoms with Crippen molar-refractivity contribution in [1.29, 1.82) is 0 Å². The van der Waals surface area contributed by atoms with Gasteiger partial charge in [0.1, 0.15) is 5.78 Å². The highest BCUT2D eigenvalue weighted by atomic mass is 16.1. The number of likely N-dealkylation sites (tertiary alicyclic amines) is 1. The third-order valence-electron chi connectivity index (χ3n) is 5.66. The number of nitrogens with zero attached hydrogens (tertiary/aromatic N) is 1. The molecule has 0 aromatic rings. The lowest BCUT2D eigenvalue weighted by atomic mass is 10.0. The van der Waals surface area contributed by atoms with E-state index in [-0.39, 0.29) is 0 Å². The van der Waals surface area contributed by atoms with Gasteiger partial charge in [-0.2, -0.15) is 0 Å². The van der Waals surface area contributed by atoms with Gasteiger partial charge in [0.2, 0.25) is 0 Å². The fourth-order valence-corrected chi connectivity index (χ4v) is 3.98. The Balaban J connectivity index is 1.70. The van der Waals surface area contributed by atoms with Crippen molar-refractivity contribution in [3.63, 3.8) is 0 Å². The fourth-order valence-electron chi connectivity index (χ4n) is 3.98. The summed E-state index contributed by atoms with van der Waals surface area (Å²) in [6.45, 7) is 5.30. The molecule has 0 aromatic heterocycles. The van der Waals surface area contributed by atoms with Crippen LogP contribution in [0.5, 0.6) is 0 Å². The summed E-state index contributed by atoms with van der Waals surface area (Å²) in [5, 5.41) is 0. The van der Waals surface area contributed by atoms with E-state index in [1.54, 1.807) is 0 Å². The lowest BCUT2D eigenvalue weighted by molar-refractivity contribution is -0.122. The number of unbranched alkanes of at least 4 members (excludes halogenated alkanes) is 15. The minimum atomic E-state index is 0.447. The molecule has 0 aromatic carbocycles. The van der Waals surface area contributed by atoms with Gasteiger partial charge in [0.15, 0.2) is 0 Å². The molecule has 0 spiro atoms. The van der Waals surface area contributed by atoms with Crippen LogP contribution >= 0.6 is 0 Å². The van der Waals surface area contributed by atoms with Crippen LogP contribution in [0.1, 0.15) is 122 Å². The predicted octanol–water partition coefficient (Wildman–Crippen LogP) is 6.91. The minimum absolute atomic E-state index is 0.447. The Bertz CT molecular complexity index is 302. The van der Waals surface area contributed by atoms with E-state index in [9.17, 15) is 4.79 Å². The zero-order valence-electron chi connectivity index (χ0n) is 17.2. The van der Waals surface area contributed by atoms with Crippen molar-refractivity contribution >= 4 is 5.78 Å². The van der Waals surface area contributed by atoms with Crippen LogP contribution in [0.3, 0.4) is 0 Å². The van der Waals surface area contributed by atoms with E-state index >= 15 is 0 Å². The summed E-state index contributed by atoms with van der Waals surface area (Å²) < 4.78 is 0. The molecule has 25 heavy (non-hydrogen) atoms. The fraction of sp³-hybridized carbons (Fsp3) is 0.957. The smallest absolute Gasteiger partial charge is 0.146 e. The van der Waals surface area contributed by atoms with Crippen molar-refractivity contribution in [3.05, 3.63) is 0 Å². The average Bonchev–Trinajstić information content (AvgIpc) is 2.61. The van der Waals surface area contributed by atoms with E-state index in [4.69, 9.17) is 0 Å². The molecule has 0 atom stereocenters. The third kappa shape index (κ3) is 14.5. The van der Waals surface area contributed by atoms with E-state index < -0.39 is 0 Å². The standard InChI is InChI=1S/C23H45NO/c1-2-3-4-5-6-7-8-9-10-11-12-13-14-15-16-17-20-24-21-18-19-23(25)22-24/h2-22H2,1H3.